The van der Waals surface area contributed by atoms with Gasteiger partial charge in [-0.25, -0.2) is 17.2 Å². The number of fused-ring (bicyclic) bond motifs is 6. The van der Waals surface area contributed by atoms with Crippen LogP contribution in [-0.4, -0.2) is 56.1 Å². The third-order valence-corrected chi connectivity index (χ3v) is 18.8. The zero-order valence-corrected chi connectivity index (χ0v) is 36.9. The highest BCUT2D eigenvalue weighted by Gasteiger charge is 2.57. The van der Waals surface area contributed by atoms with E-state index in [0.29, 0.717) is 36.2 Å². The molecule has 4 aromatic rings. The number of aromatic nitrogens is 1. The maximum atomic E-state index is 15.3. The van der Waals surface area contributed by atoms with E-state index in [1.807, 2.05) is 57.2 Å². The second-order valence-electron chi connectivity index (χ2n) is 18.6. The summed E-state index contributed by atoms with van der Waals surface area (Å²) >= 11 is 0. The lowest BCUT2D eigenvalue weighted by Gasteiger charge is -2.43. The van der Waals surface area contributed by atoms with Gasteiger partial charge in [0.05, 0.1) is 34.3 Å². The van der Waals surface area contributed by atoms with E-state index in [1.54, 1.807) is 28.2 Å². The van der Waals surface area contributed by atoms with Gasteiger partial charge in [-0.2, -0.15) is 0 Å². The number of carbonyl (C=O) groups is 1. The quantitative estimate of drug-likeness (QED) is 0.117. The summed E-state index contributed by atoms with van der Waals surface area (Å²) in [5.74, 6) is -0.404. The summed E-state index contributed by atoms with van der Waals surface area (Å²) in [6.45, 7) is 23.8. The molecule has 0 bridgehead atoms. The van der Waals surface area contributed by atoms with Crippen LogP contribution in [0.2, 0.25) is 18.1 Å². The van der Waals surface area contributed by atoms with Crippen LogP contribution in [-0.2, 0) is 41.6 Å². The normalized spacial score (nSPS) is 22.9. The van der Waals surface area contributed by atoms with Crippen molar-refractivity contribution in [2.45, 2.75) is 141 Å². The van der Waals surface area contributed by atoms with E-state index in [4.69, 9.17) is 13.9 Å². The third kappa shape index (κ3) is 7.03. The largest absolute Gasteiger partial charge is 0.457 e. The lowest BCUT2D eigenvalue weighted by molar-refractivity contribution is -0.152. The van der Waals surface area contributed by atoms with Crippen molar-refractivity contribution in [2.24, 2.45) is 5.92 Å². The Morgan fingerprint density at radius 2 is 1.62 bits per heavy atom. The topological polar surface area (TPSA) is 87.1 Å². The van der Waals surface area contributed by atoms with E-state index < -0.39 is 42.2 Å². The maximum Gasteiger partial charge on any atom is 0.334 e. The van der Waals surface area contributed by atoms with Gasteiger partial charge in [-0.05, 0) is 98.1 Å². The molecule has 5 atom stereocenters. The van der Waals surface area contributed by atoms with Crippen LogP contribution in [0.4, 0.5) is 0 Å². The molecule has 3 heterocycles. The van der Waals surface area contributed by atoms with E-state index in [-0.39, 0.29) is 33.9 Å². The summed E-state index contributed by atoms with van der Waals surface area (Å²) in [6, 6.07) is 22.2. The van der Waals surface area contributed by atoms with Crippen LogP contribution in [0.15, 0.2) is 89.3 Å². The summed E-state index contributed by atoms with van der Waals surface area (Å²) in [4.78, 5) is 17.0. The summed E-state index contributed by atoms with van der Waals surface area (Å²) < 4.78 is 52.1. The molecule has 7 rings (SSSR count). The van der Waals surface area contributed by atoms with E-state index >= 15 is 8.42 Å². The van der Waals surface area contributed by atoms with Gasteiger partial charge in [0.15, 0.2) is 8.32 Å². The van der Waals surface area contributed by atoms with Crippen LogP contribution in [0, 0.1) is 5.92 Å². The zero-order valence-electron chi connectivity index (χ0n) is 35.1. The second-order valence-corrected chi connectivity index (χ2v) is 25.2. The molecule has 10 heteroatoms. The Bertz CT molecular complexity index is 2260. The molecule has 0 saturated carbocycles. The number of ether oxygens (including phenoxy) is 2. The van der Waals surface area contributed by atoms with Gasteiger partial charge >= 0.3 is 5.97 Å². The van der Waals surface area contributed by atoms with Gasteiger partial charge in [0.1, 0.15) is 11.8 Å². The molecule has 1 saturated heterocycles. The Balaban J connectivity index is 1.53. The predicted molar refractivity (Wildman–Crippen MR) is 226 cm³/mol. The first-order valence-corrected chi connectivity index (χ1v) is 24.7. The van der Waals surface area contributed by atoms with Gasteiger partial charge in [-0.15, -0.1) is 0 Å². The molecule has 1 aromatic heterocycles. The van der Waals surface area contributed by atoms with Crippen molar-refractivity contribution in [1.29, 1.82) is 0 Å². The van der Waals surface area contributed by atoms with Crippen molar-refractivity contribution in [3.05, 3.63) is 112 Å². The molecule has 3 aliphatic rings. The molecular formula is C46H60N2O6SSi. The second kappa shape index (κ2) is 14.7. The zero-order chi connectivity index (χ0) is 40.5. The van der Waals surface area contributed by atoms with Crippen LogP contribution < -0.4 is 0 Å². The van der Waals surface area contributed by atoms with E-state index in [9.17, 15) is 4.79 Å². The molecule has 0 N–H and O–H groups in total. The highest BCUT2D eigenvalue weighted by atomic mass is 32.2. The van der Waals surface area contributed by atoms with Gasteiger partial charge in [-0.1, -0.05) is 102 Å². The fourth-order valence-electron chi connectivity index (χ4n) is 8.87. The van der Waals surface area contributed by atoms with Crippen LogP contribution in [0.3, 0.4) is 0 Å². The number of hydrogen-bond donors (Lipinski definition) is 0. The predicted octanol–water partition coefficient (Wildman–Crippen LogP) is 10.2. The smallest absolute Gasteiger partial charge is 0.334 e. The molecule has 8 nitrogen and oxygen atoms in total. The minimum Gasteiger partial charge on any atom is -0.457 e. The first kappa shape index (κ1) is 40.6. The van der Waals surface area contributed by atoms with Gasteiger partial charge in [0.25, 0.3) is 10.0 Å². The van der Waals surface area contributed by atoms with E-state index in [2.05, 4.69) is 77.7 Å². The minimum atomic E-state index is -4.15. The molecule has 2 aliphatic heterocycles. The Morgan fingerprint density at radius 1 is 0.946 bits per heavy atom. The third-order valence-electron chi connectivity index (χ3n) is 12.5. The Kier molecular flexibility index (Phi) is 10.7. The van der Waals surface area contributed by atoms with Crippen molar-refractivity contribution < 1.29 is 27.1 Å². The lowest BCUT2D eigenvalue weighted by atomic mass is 9.84. The summed E-state index contributed by atoms with van der Waals surface area (Å²) in [5.41, 5.74) is 5.72. The standard InChI is InChI=1S/C46H60N2O6SSi/c1-12-32-36(44(49)54-45(4,5)6)28-38(47-42-39(53-43(32)47)27-30-19-18-23-33(29(2)3)40(30)42)41-35(25-26-52-56(10,11)46(7,8)9)34-22-16-17-24-37(34)48(41)55(50,51)31-20-14-13-15-21-31/h13-24,28-29,32,38-39,42-43H,12,25-27H2,1-11H3/t32-,38-,39-,42-,43-/m0/s1. The molecular weight excluding hydrogens is 737 g/mol. The lowest BCUT2D eigenvalue weighted by Crippen LogP contribution is -2.47. The molecule has 300 valence electrons. The van der Waals surface area contributed by atoms with Crippen molar-refractivity contribution in [3.8, 4) is 0 Å². The van der Waals surface area contributed by atoms with Crippen LogP contribution in [0.1, 0.15) is 115 Å². The molecule has 0 unspecified atom stereocenters. The number of nitrogens with zero attached hydrogens (tertiary/aromatic N) is 2. The maximum absolute atomic E-state index is 15.3. The van der Waals surface area contributed by atoms with Crippen molar-refractivity contribution in [3.63, 3.8) is 0 Å². The Morgan fingerprint density at radius 3 is 2.27 bits per heavy atom. The Labute approximate surface area is 335 Å². The number of para-hydroxylation sites is 1. The summed E-state index contributed by atoms with van der Waals surface area (Å²) in [6.07, 6.45) is 3.26. The highest BCUT2D eigenvalue weighted by molar-refractivity contribution is 7.90. The van der Waals surface area contributed by atoms with Crippen LogP contribution in [0.25, 0.3) is 10.9 Å². The van der Waals surface area contributed by atoms with Crippen LogP contribution in [0.5, 0.6) is 0 Å². The van der Waals surface area contributed by atoms with E-state index in [0.717, 1.165) is 17.4 Å². The first-order chi connectivity index (χ1) is 26.3. The fraction of sp³-hybridized carbons (Fsp3) is 0.500. The Hall–Kier alpha value is -3.54. The monoisotopic (exact) mass is 796 g/mol. The number of carbonyl (C=O) groups excluding carboxylic acids is 1. The summed E-state index contributed by atoms with van der Waals surface area (Å²) in [5, 5.41) is 0.858. The molecule has 0 radical (unpaired) electrons. The van der Waals surface area contributed by atoms with Gasteiger partial charge in [0.2, 0.25) is 0 Å². The van der Waals surface area contributed by atoms with Crippen molar-refractivity contribution in [2.75, 3.05) is 6.61 Å². The molecule has 3 aromatic carbocycles. The van der Waals surface area contributed by atoms with Crippen molar-refractivity contribution >= 4 is 35.2 Å². The molecule has 1 aliphatic carbocycles. The number of rotatable bonds is 10. The first-order valence-electron chi connectivity index (χ1n) is 20.3. The number of hydrogen-bond acceptors (Lipinski definition) is 7. The molecule has 56 heavy (non-hydrogen) atoms. The molecule has 0 spiro atoms. The average molecular weight is 797 g/mol. The SMILES string of the molecule is CC[C@H]1C(C(=O)OC(C)(C)C)=C[C@@H](c2c(CCO[Si](C)(C)C(C)(C)C)c3ccccc3n2S(=O)(=O)c2ccccc2)N2[C@@H]3c4c(cccc4C(C)C)C[C@@H]3O[C@@H]12. The molecule has 0 amide bonds. The minimum absolute atomic E-state index is 0.00315. The fourth-order valence-corrected chi connectivity index (χ4v) is 11.5. The van der Waals surface area contributed by atoms with Crippen LogP contribution >= 0.6 is 0 Å². The van der Waals surface area contributed by atoms with Gasteiger partial charge in [-0.3, -0.25) is 4.90 Å². The van der Waals surface area contributed by atoms with Gasteiger partial charge in [0, 0.05) is 29.9 Å². The van der Waals surface area contributed by atoms with E-state index in [1.165, 1.54) is 16.7 Å². The summed E-state index contributed by atoms with van der Waals surface area (Å²) in [7, 11) is -6.30. The number of esters is 1. The average Bonchev–Trinajstić information content (AvgIpc) is 3.78. The van der Waals surface area contributed by atoms with Gasteiger partial charge < -0.3 is 13.9 Å². The highest BCUT2D eigenvalue weighted by Crippen LogP contribution is 2.56. The number of benzene rings is 3. The van der Waals surface area contributed by atoms with Crippen molar-refractivity contribution in [1.82, 2.24) is 8.87 Å². The molecule has 1 fully saturated rings.